The summed E-state index contributed by atoms with van der Waals surface area (Å²) in [6.45, 7) is 1.06. The van der Waals surface area contributed by atoms with Crippen molar-refractivity contribution in [3.63, 3.8) is 0 Å². The minimum Gasteiger partial charge on any atom is -0.535 e. The highest BCUT2D eigenvalue weighted by Crippen LogP contribution is 2.36. The van der Waals surface area contributed by atoms with Gasteiger partial charge in [0.25, 0.3) is 0 Å². The van der Waals surface area contributed by atoms with Crippen LogP contribution in [0.3, 0.4) is 0 Å². The zero-order valence-corrected chi connectivity index (χ0v) is 11.6. The zero-order chi connectivity index (χ0) is 14.7. The number of benzene rings is 1. The van der Waals surface area contributed by atoms with Gasteiger partial charge in [-0.05, 0) is 38.5 Å². The van der Waals surface area contributed by atoms with E-state index in [2.05, 4.69) is 0 Å². The van der Waals surface area contributed by atoms with E-state index in [-0.39, 0.29) is 17.1 Å². The second-order valence-electron chi connectivity index (χ2n) is 5.00. The van der Waals surface area contributed by atoms with Gasteiger partial charge < -0.3 is 24.4 Å². The predicted octanol–water partition coefficient (Wildman–Crippen LogP) is 0.741. The molecule has 0 saturated carbocycles. The number of fused-ring (bicyclic) bond motifs is 1. The second-order valence-corrected chi connectivity index (χ2v) is 5.00. The van der Waals surface area contributed by atoms with Crippen LogP contribution in [0, 0.1) is 0 Å². The second kappa shape index (κ2) is 6.15. The summed E-state index contributed by atoms with van der Waals surface area (Å²) < 4.78 is 10.8. The Hall–Kier alpha value is -1.73. The third kappa shape index (κ3) is 3.23. The fourth-order valence-electron chi connectivity index (χ4n) is 2.07. The molecule has 1 aliphatic rings. The number of hydrogen-bond acceptors (Lipinski definition) is 5. The van der Waals surface area contributed by atoms with Crippen molar-refractivity contribution in [3.05, 3.63) is 23.3 Å². The molecule has 108 valence electrons. The molecule has 0 unspecified atom stereocenters. The number of likely N-dealkylation sites (N-methyl/N-ethyl adjacent to an activating group) is 1. The first-order chi connectivity index (χ1) is 9.49. The minimum atomic E-state index is -1.11. The van der Waals surface area contributed by atoms with Gasteiger partial charge in [0.15, 0.2) is 0 Å². The molecule has 0 saturated heterocycles. The summed E-state index contributed by atoms with van der Waals surface area (Å²) in [5.74, 6) is -0.624. The molecule has 0 fully saturated rings. The topological polar surface area (TPSA) is 79.2 Å². The lowest BCUT2D eigenvalue weighted by molar-refractivity contribution is 0.0689. The van der Waals surface area contributed by atoms with Gasteiger partial charge in [-0.3, -0.25) is 0 Å². The van der Waals surface area contributed by atoms with Gasteiger partial charge in [-0.15, -0.1) is 0 Å². The van der Waals surface area contributed by atoms with Crippen molar-refractivity contribution in [2.45, 2.75) is 12.7 Å². The summed E-state index contributed by atoms with van der Waals surface area (Å²) in [6.07, 6.45) is 1.06. The average Bonchev–Trinajstić information content (AvgIpc) is 2.37. The molecule has 7 heteroatoms. The van der Waals surface area contributed by atoms with Crippen LogP contribution in [0.1, 0.15) is 15.9 Å². The zero-order valence-electron chi connectivity index (χ0n) is 11.6. The van der Waals surface area contributed by atoms with Crippen LogP contribution in [-0.2, 0) is 6.42 Å². The van der Waals surface area contributed by atoms with E-state index in [0.717, 1.165) is 5.56 Å². The fraction of sp³-hybridized carbons (Fsp3) is 0.462. The average molecular weight is 279 g/mol. The molecule has 0 bridgehead atoms. The number of ether oxygens (including phenoxy) is 1. The number of aromatic carboxylic acids is 1. The van der Waals surface area contributed by atoms with Crippen molar-refractivity contribution in [1.29, 1.82) is 0 Å². The van der Waals surface area contributed by atoms with E-state index in [4.69, 9.17) is 9.39 Å². The Morgan fingerprint density at radius 2 is 2.25 bits per heavy atom. The molecule has 1 aromatic rings. The van der Waals surface area contributed by atoms with Gasteiger partial charge in [0.05, 0.1) is 0 Å². The van der Waals surface area contributed by atoms with Crippen LogP contribution >= 0.6 is 0 Å². The SMILES string of the molecule is CN(C)CCOc1ccc2c(c1C(=O)O)OB(O)CC2. The van der Waals surface area contributed by atoms with E-state index in [1.165, 1.54) is 0 Å². The summed E-state index contributed by atoms with van der Waals surface area (Å²) in [4.78, 5) is 13.4. The number of rotatable bonds is 5. The summed E-state index contributed by atoms with van der Waals surface area (Å²) in [7, 11) is 2.86. The highest BCUT2D eigenvalue weighted by molar-refractivity contribution is 6.44. The molecule has 0 aliphatic carbocycles. The standard InChI is InChI=1S/C13H18BNO5/c1-15(2)7-8-19-10-4-3-9-5-6-14(18)20-12(9)11(10)13(16)17/h3-4,18H,5-8H2,1-2H3,(H,16,17). The summed E-state index contributed by atoms with van der Waals surface area (Å²) in [6, 6.07) is 3.44. The Kier molecular flexibility index (Phi) is 4.51. The number of carboxylic acid groups (broad SMARTS) is 1. The summed E-state index contributed by atoms with van der Waals surface area (Å²) in [5, 5.41) is 18.9. The van der Waals surface area contributed by atoms with Crippen LogP contribution < -0.4 is 9.39 Å². The molecule has 20 heavy (non-hydrogen) atoms. The molecule has 2 rings (SSSR count). The lowest BCUT2D eigenvalue weighted by Gasteiger charge is -2.23. The van der Waals surface area contributed by atoms with Gasteiger partial charge in [0.2, 0.25) is 0 Å². The van der Waals surface area contributed by atoms with Crippen molar-refractivity contribution < 1.29 is 24.3 Å². The molecule has 0 amide bonds. The Labute approximate surface area is 118 Å². The smallest absolute Gasteiger partial charge is 0.522 e. The van der Waals surface area contributed by atoms with E-state index in [1.807, 2.05) is 19.0 Å². The number of hydrogen-bond donors (Lipinski definition) is 2. The van der Waals surface area contributed by atoms with E-state index < -0.39 is 13.1 Å². The van der Waals surface area contributed by atoms with Crippen LogP contribution in [0.15, 0.2) is 12.1 Å². The van der Waals surface area contributed by atoms with Gasteiger partial charge in [0, 0.05) is 6.54 Å². The first-order valence-corrected chi connectivity index (χ1v) is 6.50. The molecule has 2 N–H and O–H groups in total. The highest BCUT2D eigenvalue weighted by atomic mass is 16.5. The molecule has 0 spiro atoms. The maximum Gasteiger partial charge on any atom is 0.522 e. The normalized spacial score (nSPS) is 13.9. The maximum absolute atomic E-state index is 11.4. The van der Waals surface area contributed by atoms with Crippen LogP contribution in [0.5, 0.6) is 11.5 Å². The van der Waals surface area contributed by atoms with Crippen molar-refractivity contribution >= 4 is 13.1 Å². The Bertz CT molecular complexity index is 506. The van der Waals surface area contributed by atoms with E-state index in [9.17, 15) is 14.9 Å². The lowest BCUT2D eigenvalue weighted by atomic mass is 9.78. The van der Waals surface area contributed by atoms with Crippen LogP contribution in [0.25, 0.3) is 0 Å². The molecule has 0 atom stereocenters. The van der Waals surface area contributed by atoms with E-state index >= 15 is 0 Å². The van der Waals surface area contributed by atoms with Crippen molar-refractivity contribution in [2.24, 2.45) is 0 Å². The third-order valence-electron chi connectivity index (χ3n) is 3.13. The number of carbonyl (C=O) groups is 1. The molecule has 1 aliphatic heterocycles. The highest BCUT2D eigenvalue weighted by Gasteiger charge is 2.30. The lowest BCUT2D eigenvalue weighted by Crippen LogP contribution is -2.28. The molecule has 0 aromatic heterocycles. The van der Waals surface area contributed by atoms with Crippen LogP contribution in [-0.4, -0.2) is 55.4 Å². The Morgan fingerprint density at radius 3 is 2.90 bits per heavy atom. The Balaban J connectivity index is 2.28. The largest absolute Gasteiger partial charge is 0.535 e. The van der Waals surface area contributed by atoms with Crippen LogP contribution in [0.4, 0.5) is 0 Å². The maximum atomic E-state index is 11.4. The van der Waals surface area contributed by atoms with Crippen molar-refractivity contribution in [3.8, 4) is 11.5 Å². The number of carboxylic acids is 1. The molecular weight excluding hydrogens is 261 g/mol. The van der Waals surface area contributed by atoms with Crippen molar-refractivity contribution in [2.75, 3.05) is 27.2 Å². The molecule has 6 nitrogen and oxygen atoms in total. The van der Waals surface area contributed by atoms with Gasteiger partial charge in [-0.25, -0.2) is 4.79 Å². The van der Waals surface area contributed by atoms with Gasteiger partial charge in [-0.2, -0.15) is 0 Å². The number of aryl methyl sites for hydroxylation is 1. The first kappa shape index (κ1) is 14.7. The fourth-order valence-corrected chi connectivity index (χ4v) is 2.07. The van der Waals surface area contributed by atoms with Crippen molar-refractivity contribution in [1.82, 2.24) is 4.90 Å². The van der Waals surface area contributed by atoms with Crippen LogP contribution in [0.2, 0.25) is 6.32 Å². The number of nitrogens with zero attached hydrogens (tertiary/aromatic N) is 1. The first-order valence-electron chi connectivity index (χ1n) is 6.50. The molecule has 1 aromatic carbocycles. The minimum absolute atomic E-state index is 0.0139. The third-order valence-corrected chi connectivity index (χ3v) is 3.13. The quantitative estimate of drug-likeness (QED) is 0.774. The molecule has 0 radical (unpaired) electrons. The predicted molar refractivity (Wildman–Crippen MR) is 74.6 cm³/mol. The molecule has 1 heterocycles. The van der Waals surface area contributed by atoms with Gasteiger partial charge in [0.1, 0.15) is 23.7 Å². The van der Waals surface area contributed by atoms with E-state index in [0.29, 0.717) is 25.9 Å². The molecular formula is C13H18BNO5. The van der Waals surface area contributed by atoms with E-state index in [1.54, 1.807) is 12.1 Å². The summed E-state index contributed by atoms with van der Waals surface area (Å²) in [5.41, 5.74) is 0.771. The van der Waals surface area contributed by atoms with Gasteiger partial charge in [-0.1, -0.05) is 6.07 Å². The monoisotopic (exact) mass is 279 g/mol. The van der Waals surface area contributed by atoms with Gasteiger partial charge >= 0.3 is 13.1 Å². The Morgan fingerprint density at radius 1 is 1.50 bits per heavy atom. The summed E-state index contributed by atoms with van der Waals surface area (Å²) >= 11 is 0.